The van der Waals surface area contributed by atoms with Gasteiger partial charge in [-0.05, 0) is 87.4 Å². The molecule has 0 radical (unpaired) electrons. The normalized spacial score (nSPS) is 11.3. The van der Waals surface area contributed by atoms with E-state index in [1.807, 2.05) is 45.0 Å². The van der Waals surface area contributed by atoms with E-state index in [0.717, 1.165) is 91.1 Å². The molecule has 0 fully saturated rings. The minimum atomic E-state index is -0.858. The van der Waals surface area contributed by atoms with Crippen molar-refractivity contribution >= 4 is 6.09 Å². The third-order valence-electron chi connectivity index (χ3n) is 7.69. The number of ether oxygens (including phenoxy) is 3. The number of unbranched alkanes of at least 4 members (excludes halogenated alkanes) is 6. The Morgan fingerprint density at radius 3 is 1.80 bits per heavy atom. The van der Waals surface area contributed by atoms with Gasteiger partial charge in [0.2, 0.25) is 0 Å². The monoisotopic (exact) mass is 603 g/mol. The summed E-state index contributed by atoms with van der Waals surface area (Å²) in [5.41, 5.74) is 4.05. The van der Waals surface area contributed by atoms with Crippen molar-refractivity contribution in [2.24, 2.45) is 0 Å². The standard InChI is InChI=1S/C38H53NO5/c1-6-8-13-27-42-33-21-19-31(20-22-33)30-15-17-32(18-16-30)35-24-23-34(43-26-9-7-2)29-36(35)44-28-14-11-10-12-25-39(37(40)41)38(3,4)5/h15-24,29H,6-14,25-28H2,1-5H3,(H,40,41). The Kier molecular flexibility index (Phi) is 14.4. The minimum Gasteiger partial charge on any atom is -0.494 e. The Bertz CT molecular complexity index is 1250. The van der Waals surface area contributed by atoms with E-state index in [9.17, 15) is 9.90 Å². The number of carbonyl (C=O) groups is 1. The average molecular weight is 604 g/mol. The van der Waals surface area contributed by atoms with Gasteiger partial charge < -0.3 is 24.2 Å². The lowest BCUT2D eigenvalue weighted by atomic mass is 9.99. The van der Waals surface area contributed by atoms with E-state index in [-0.39, 0.29) is 5.54 Å². The van der Waals surface area contributed by atoms with Gasteiger partial charge in [0.05, 0.1) is 19.8 Å². The van der Waals surface area contributed by atoms with Crippen molar-refractivity contribution in [3.05, 3.63) is 66.7 Å². The minimum absolute atomic E-state index is 0.388. The summed E-state index contributed by atoms with van der Waals surface area (Å²) < 4.78 is 18.2. The van der Waals surface area contributed by atoms with E-state index in [1.165, 1.54) is 17.7 Å². The second-order valence-corrected chi connectivity index (χ2v) is 12.4. The van der Waals surface area contributed by atoms with Gasteiger partial charge in [-0.25, -0.2) is 4.79 Å². The Morgan fingerprint density at radius 1 is 0.636 bits per heavy atom. The summed E-state index contributed by atoms with van der Waals surface area (Å²) in [5, 5.41) is 9.50. The van der Waals surface area contributed by atoms with Gasteiger partial charge in [0.1, 0.15) is 17.2 Å². The van der Waals surface area contributed by atoms with Gasteiger partial charge in [0.25, 0.3) is 0 Å². The van der Waals surface area contributed by atoms with Crippen LogP contribution in [0.1, 0.15) is 92.4 Å². The van der Waals surface area contributed by atoms with Crippen LogP contribution in [0, 0.1) is 0 Å². The quantitative estimate of drug-likeness (QED) is 0.138. The first-order valence-corrected chi connectivity index (χ1v) is 16.5. The molecule has 6 nitrogen and oxygen atoms in total. The van der Waals surface area contributed by atoms with Gasteiger partial charge in [-0.1, -0.05) is 82.3 Å². The topological polar surface area (TPSA) is 68.2 Å². The molecule has 0 aliphatic rings. The van der Waals surface area contributed by atoms with Gasteiger partial charge in [0.15, 0.2) is 0 Å². The van der Waals surface area contributed by atoms with E-state index in [1.54, 1.807) is 0 Å². The molecule has 1 N–H and O–H groups in total. The Morgan fingerprint density at radius 2 is 1.16 bits per heavy atom. The molecule has 240 valence electrons. The molecule has 0 aromatic heterocycles. The van der Waals surface area contributed by atoms with Crippen LogP contribution in [0.4, 0.5) is 4.79 Å². The van der Waals surface area contributed by atoms with Crippen molar-refractivity contribution < 1.29 is 24.1 Å². The van der Waals surface area contributed by atoms with Crippen LogP contribution in [-0.4, -0.2) is 48.0 Å². The summed E-state index contributed by atoms with van der Waals surface area (Å²) in [6.45, 7) is 12.8. The molecule has 3 rings (SSSR count). The van der Waals surface area contributed by atoms with Crippen LogP contribution >= 0.6 is 0 Å². The number of amides is 1. The van der Waals surface area contributed by atoms with Gasteiger partial charge >= 0.3 is 6.09 Å². The molecule has 3 aromatic rings. The molecule has 0 heterocycles. The van der Waals surface area contributed by atoms with Gasteiger partial charge in [-0.2, -0.15) is 0 Å². The van der Waals surface area contributed by atoms with E-state index in [0.29, 0.717) is 19.8 Å². The molecular formula is C38H53NO5. The predicted molar refractivity (Wildman–Crippen MR) is 181 cm³/mol. The van der Waals surface area contributed by atoms with E-state index >= 15 is 0 Å². The van der Waals surface area contributed by atoms with Crippen molar-refractivity contribution in [2.45, 2.75) is 97.9 Å². The van der Waals surface area contributed by atoms with Crippen LogP contribution in [0.25, 0.3) is 22.3 Å². The van der Waals surface area contributed by atoms with Crippen LogP contribution in [-0.2, 0) is 0 Å². The highest BCUT2D eigenvalue weighted by Gasteiger charge is 2.25. The summed E-state index contributed by atoms with van der Waals surface area (Å²) in [4.78, 5) is 13.1. The molecule has 1 amide bonds. The molecule has 0 unspecified atom stereocenters. The zero-order chi connectivity index (χ0) is 31.8. The molecule has 0 spiro atoms. The smallest absolute Gasteiger partial charge is 0.407 e. The van der Waals surface area contributed by atoms with Crippen LogP contribution in [0.5, 0.6) is 17.2 Å². The van der Waals surface area contributed by atoms with Crippen molar-refractivity contribution in [3.63, 3.8) is 0 Å². The number of nitrogens with zero attached hydrogens (tertiary/aromatic N) is 1. The number of benzene rings is 3. The number of hydrogen-bond donors (Lipinski definition) is 1. The van der Waals surface area contributed by atoms with Gasteiger partial charge in [0, 0.05) is 23.7 Å². The Hall–Kier alpha value is -3.67. The van der Waals surface area contributed by atoms with Crippen molar-refractivity contribution in [3.8, 4) is 39.5 Å². The van der Waals surface area contributed by atoms with Crippen LogP contribution in [0.3, 0.4) is 0 Å². The van der Waals surface area contributed by atoms with E-state index in [4.69, 9.17) is 14.2 Å². The molecule has 0 atom stereocenters. The summed E-state index contributed by atoms with van der Waals surface area (Å²) in [7, 11) is 0. The van der Waals surface area contributed by atoms with Crippen molar-refractivity contribution in [1.29, 1.82) is 0 Å². The first kappa shape index (κ1) is 34.8. The summed E-state index contributed by atoms with van der Waals surface area (Å²) >= 11 is 0. The average Bonchev–Trinajstić information content (AvgIpc) is 3.00. The SMILES string of the molecule is CCCCCOc1ccc(-c2ccc(-c3ccc(OCCCC)cc3OCCCCCCN(C(=O)O)C(C)(C)C)cc2)cc1. The molecule has 0 bridgehead atoms. The third kappa shape index (κ3) is 11.4. The maximum atomic E-state index is 11.6. The highest BCUT2D eigenvalue weighted by Crippen LogP contribution is 2.35. The Labute approximate surface area is 265 Å². The second-order valence-electron chi connectivity index (χ2n) is 12.4. The van der Waals surface area contributed by atoms with Crippen LogP contribution < -0.4 is 14.2 Å². The fraction of sp³-hybridized carbons (Fsp3) is 0.500. The summed E-state index contributed by atoms with van der Waals surface area (Å²) in [5.74, 6) is 2.56. The molecule has 44 heavy (non-hydrogen) atoms. The number of carboxylic acid groups (broad SMARTS) is 1. The molecule has 0 aliphatic heterocycles. The third-order valence-corrected chi connectivity index (χ3v) is 7.69. The lowest BCUT2D eigenvalue weighted by Gasteiger charge is -2.33. The first-order chi connectivity index (χ1) is 21.2. The fourth-order valence-corrected chi connectivity index (χ4v) is 5.04. The summed E-state index contributed by atoms with van der Waals surface area (Å²) in [6, 6.07) is 23.0. The van der Waals surface area contributed by atoms with Crippen LogP contribution in [0.15, 0.2) is 66.7 Å². The highest BCUT2D eigenvalue weighted by atomic mass is 16.5. The molecule has 0 aliphatic carbocycles. The molecular weight excluding hydrogens is 550 g/mol. The van der Waals surface area contributed by atoms with Crippen LogP contribution in [0.2, 0.25) is 0 Å². The van der Waals surface area contributed by atoms with Crippen molar-refractivity contribution in [1.82, 2.24) is 4.90 Å². The largest absolute Gasteiger partial charge is 0.494 e. The van der Waals surface area contributed by atoms with Gasteiger partial charge in [-0.15, -0.1) is 0 Å². The maximum Gasteiger partial charge on any atom is 0.407 e. The lowest BCUT2D eigenvalue weighted by Crippen LogP contribution is -2.45. The first-order valence-electron chi connectivity index (χ1n) is 16.5. The number of rotatable bonds is 19. The highest BCUT2D eigenvalue weighted by molar-refractivity contribution is 5.75. The lowest BCUT2D eigenvalue weighted by molar-refractivity contribution is 0.0989. The summed E-state index contributed by atoms with van der Waals surface area (Å²) in [6.07, 6.45) is 8.40. The predicted octanol–water partition coefficient (Wildman–Crippen LogP) is 10.5. The number of hydrogen-bond acceptors (Lipinski definition) is 4. The van der Waals surface area contributed by atoms with Gasteiger partial charge in [-0.3, -0.25) is 0 Å². The zero-order valence-electron chi connectivity index (χ0n) is 27.6. The molecule has 0 saturated carbocycles. The molecule has 6 heteroatoms. The maximum absolute atomic E-state index is 11.6. The van der Waals surface area contributed by atoms with E-state index in [2.05, 4.69) is 56.3 Å². The fourth-order valence-electron chi connectivity index (χ4n) is 5.04. The zero-order valence-corrected chi connectivity index (χ0v) is 27.6. The second kappa shape index (κ2) is 18.2. The molecule has 0 saturated heterocycles. The van der Waals surface area contributed by atoms with E-state index < -0.39 is 6.09 Å². The Balaban J connectivity index is 1.61. The molecule has 3 aromatic carbocycles. The van der Waals surface area contributed by atoms with Crippen molar-refractivity contribution in [2.75, 3.05) is 26.4 Å².